The number of halogens is 1. The van der Waals surface area contributed by atoms with Crippen molar-refractivity contribution in [3.8, 4) is 11.3 Å². The molecule has 0 unspecified atom stereocenters. The van der Waals surface area contributed by atoms with E-state index in [0.29, 0.717) is 17.2 Å². The van der Waals surface area contributed by atoms with Crippen molar-refractivity contribution in [1.29, 1.82) is 0 Å². The summed E-state index contributed by atoms with van der Waals surface area (Å²) in [5.74, 6) is 0.226. The van der Waals surface area contributed by atoms with Gasteiger partial charge in [0.25, 0.3) is 0 Å². The molecule has 4 aromatic rings. The van der Waals surface area contributed by atoms with E-state index in [4.69, 9.17) is 0 Å². The Bertz CT molecular complexity index is 1040. The molecule has 0 bridgehead atoms. The van der Waals surface area contributed by atoms with E-state index in [0.717, 1.165) is 16.8 Å². The van der Waals surface area contributed by atoms with Gasteiger partial charge in [-0.25, -0.2) is 9.37 Å². The molecule has 0 radical (unpaired) electrons. The second kappa shape index (κ2) is 6.33. The Morgan fingerprint density at radius 3 is 2.76 bits per heavy atom. The second-order valence-corrected chi connectivity index (χ2v) is 5.60. The first-order chi connectivity index (χ1) is 12.2. The second-order valence-electron chi connectivity index (χ2n) is 5.60. The molecule has 0 spiro atoms. The number of fused-ring (bicyclic) bond motifs is 1. The Morgan fingerprint density at radius 2 is 1.92 bits per heavy atom. The zero-order valence-electron chi connectivity index (χ0n) is 13.2. The molecule has 0 amide bonds. The number of benzene rings is 2. The predicted molar refractivity (Wildman–Crippen MR) is 94.0 cm³/mol. The van der Waals surface area contributed by atoms with Crippen molar-refractivity contribution in [2.24, 2.45) is 0 Å². The van der Waals surface area contributed by atoms with E-state index < -0.39 is 0 Å². The zero-order chi connectivity index (χ0) is 17.2. The summed E-state index contributed by atoms with van der Waals surface area (Å²) in [6, 6.07) is 17.7. The van der Waals surface area contributed by atoms with Gasteiger partial charge in [-0.05, 0) is 35.9 Å². The fourth-order valence-electron chi connectivity index (χ4n) is 2.64. The van der Waals surface area contributed by atoms with Gasteiger partial charge in [0.1, 0.15) is 5.82 Å². The van der Waals surface area contributed by atoms with Gasteiger partial charge in [-0.15, -0.1) is 0 Å². The van der Waals surface area contributed by atoms with Gasteiger partial charge < -0.3 is 10.4 Å². The predicted octanol–water partition coefficient (Wildman–Crippen LogP) is 3.77. The van der Waals surface area contributed by atoms with Crippen LogP contribution in [0.3, 0.4) is 0 Å². The molecule has 2 N–H and O–H groups in total. The molecular weight excluding hydrogens is 319 g/mol. The highest BCUT2D eigenvalue weighted by Crippen LogP contribution is 2.23. The van der Waals surface area contributed by atoms with Gasteiger partial charge in [0.15, 0.2) is 11.5 Å². The SMILES string of the molecule is OCc1cccc(-c2ccc3ncc(Nc4ccccc4F)n3n2)c1. The Hall–Kier alpha value is -3.25. The van der Waals surface area contributed by atoms with Crippen molar-refractivity contribution in [3.63, 3.8) is 0 Å². The molecule has 2 heterocycles. The molecule has 2 aromatic heterocycles. The number of aliphatic hydroxyl groups is 1. The topological polar surface area (TPSA) is 62.5 Å². The molecule has 0 aliphatic rings. The van der Waals surface area contributed by atoms with Gasteiger partial charge in [-0.1, -0.05) is 30.3 Å². The average molecular weight is 334 g/mol. The third-order valence-electron chi connectivity index (χ3n) is 3.90. The van der Waals surface area contributed by atoms with Crippen LogP contribution in [0.2, 0.25) is 0 Å². The standard InChI is InChI=1S/C19H15FN4O/c20-15-6-1-2-7-17(15)22-19-11-21-18-9-8-16(23-24(18)19)14-5-3-4-13(10-14)12-25/h1-11,22,25H,12H2. The van der Waals surface area contributed by atoms with Crippen LogP contribution in [0.4, 0.5) is 15.9 Å². The fourth-order valence-corrected chi connectivity index (χ4v) is 2.64. The largest absolute Gasteiger partial charge is 0.392 e. The molecule has 2 aromatic carbocycles. The summed E-state index contributed by atoms with van der Waals surface area (Å²) in [7, 11) is 0. The number of rotatable bonds is 4. The number of nitrogens with zero attached hydrogens (tertiary/aromatic N) is 3. The van der Waals surface area contributed by atoms with Gasteiger partial charge in [0.05, 0.1) is 24.2 Å². The van der Waals surface area contributed by atoms with Gasteiger partial charge in [-0.3, -0.25) is 0 Å². The first-order valence-corrected chi connectivity index (χ1v) is 7.81. The van der Waals surface area contributed by atoms with Gasteiger partial charge in [0.2, 0.25) is 0 Å². The van der Waals surface area contributed by atoms with Gasteiger partial charge >= 0.3 is 0 Å². The Kier molecular flexibility index (Phi) is 3.87. The van der Waals surface area contributed by atoms with E-state index in [2.05, 4.69) is 15.4 Å². The van der Waals surface area contributed by atoms with Gasteiger partial charge in [0, 0.05) is 5.56 Å². The number of nitrogens with one attached hydrogen (secondary N) is 1. The average Bonchev–Trinajstić information content (AvgIpc) is 3.06. The summed E-state index contributed by atoms with van der Waals surface area (Å²) in [5.41, 5.74) is 3.45. The molecule has 0 atom stereocenters. The van der Waals surface area contributed by atoms with E-state index in [1.165, 1.54) is 6.07 Å². The minimum absolute atomic E-state index is 0.0265. The van der Waals surface area contributed by atoms with Crippen molar-refractivity contribution in [3.05, 3.63) is 78.2 Å². The van der Waals surface area contributed by atoms with Crippen LogP contribution in [-0.2, 0) is 6.61 Å². The number of aromatic nitrogens is 3. The molecule has 124 valence electrons. The van der Waals surface area contributed by atoms with E-state index in [1.54, 1.807) is 28.9 Å². The maximum atomic E-state index is 13.9. The lowest BCUT2D eigenvalue weighted by Crippen LogP contribution is -2.01. The number of anilines is 2. The summed E-state index contributed by atoms with van der Waals surface area (Å²) < 4.78 is 15.5. The summed E-state index contributed by atoms with van der Waals surface area (Å²) in [5, 5.41) is 16.9. The van der Waals surface area contributed by atoms with E-state index in [-0.39, 0.29) is 12.4 Å². The van der Waals surface area contributed by atoms with Crippen LogP contribution < -0.4 is 5.32 Å². The Morgan fingerprint density at radius 1 is 1.04 bits per heavy atom. The summed E-state index contributed by atoms with van der Waals surface area (Å²) in [4.78, 5) is 4.29. The number of para-hydroxylation sites is 1. The third-order valence-corrected chi connectivity index (χ3v) is 3.90. The molecule has 4 rings (SSSR count). The fraction of sp³-hybridized carbons (Fsp3) is 0.0526. The molecule has 0 fully saturated rings. The molecule has 0 aliphatic carbocycles. The molecule has 0 saturated carbocycles. The maximum absolute atomic E-state index is 13.9. The van der Waals surface area contributed by atoms with E-state index >= 15 is 0 Å². The highest BCUT2D eigenvalue weighted by atomic mass is 19.1. The third kappa shape index (κ3) is 2.95. The van der Waals surface area contributed by atoms with Crippen molar-refractivity contribution in [1.82, 2.24) is 14.6 Å². The molecule has 6 heteroatoms. The number of imidazole rings is 1. The smallest absolute Gasteiger partial charge is 0.155 e. The summed E-state index contributed by atoms with van der Waals surface area (Å²) in [6.45, 7) is -0.0265. The van der Waals surface area contributed by atoms with Crippen molar-refractivity contribution in [2.75, 3.05) is 5.32 Å². The lowest BCUT2D eigenvalue weighted by Gasteiger charge is -2.08. The first kappa shape index (κ1) is 15.3. The first-order valence-electron chi connectivity index (χ1n) is 7.81. The van der Waals surface area contributed by atoms with Crippen LogP contribution in [-0.4, -0.2) is 19.7 Å². The van der Waals surface area contributed by atoms with Gasteiger partial charge in [-0.2, -0.15) is 9.61 Å². The highest BCUT2D eigenvalue weighted by molar-refractivity contribution is 5.64. The van der Waals surface area contributed by atoms with E-state index in [1.807, 2.05) is 36.4 Å². The lowest BCUT2D eigenvalue weighted by molar-refractivity contribution is 0.282. The minimum atomic E-state index is -0.343. The monoisotopic (exact) mass is 334 g/mol. The molecule has 0 saturated heterocycles. The van der Waals surface area contributed by atoms with Crippen LogP contribution in [0.5, 0.6) is 0 Å². The lowest BCUT2D eigenvalue weighted by atomic mass is 10.1. The van der Waals surface area contributed by atoms with Crippen LogP contribution in [0.25, 0.3) is 16.9 Å². The van der Waals surface area contributed by atoms with Crippen LogP contribution >= 0.6 is 0 Å². The van der Waals surface area contributed by atoms with Crippen molar-refractivity contribution in [2.45, 2.75) is 6.61 Å². The summed E-state index contributed by atoms with van der Waals surface area (Å²) >= 11 is 0. The minimum Gasteiger partial charge on any atom is -0.392 e. The number of hydrogen-bond acceptors (Lipinski definition) is 4. The molecule has 0 aliphatic heterocycles. The van der Waals surface area contributed by atoms with Crippen molar-refractivity contribution >= 4 is 17.2 Å². The maximum Gasteiger partial charge on any atom is 0.155 e. The quantitative estimate of drug-likeness (QED) is 0.596. The zero-order valence-corrected chi connectivity index (χ0v) is 13.2. The Labute approximate surface area is 143 Å². The van der Waals surface area contributed by atoms with Crippen LogP contribution in [0.1, 0.15) is 5.56 Å². The van der Waals surface area contributed by atoms with E-state index in [9.17, 15) is 9.50 Å². The Balaban J connectivity index is 1.76. The number of aliphatic hydroxyl groups excluding tert-OH is 1. The van der Waals surface area contributed by atoms with Crippen LogP contribution in [0.15, 0.2) is 66.9 Å². The normalized spacial score (nSPS) is 11.0. The molecule has 5 nitrogen and oxygen atoms in total. The number of hydrogen-bond donors (Lipinski definition) is 2. The molecule has 25 heavy (non-hydrogen) atoms. The highest BCUT2D eigenvalue weighted by Gasteiger charge is 2.09. The summed E-state index contributed by atoms with van der Waals surface area (Å²) in [6.07, 6.45) is 1.61. The van der Waals surface area contributed by atoms with Crippen molar-refractivity contribution < 1.29 is 9.50 Å². The molecular formula is C19H15FN4O. The van der Waals surface area contributed by atoms with Crippen LogP contribution in [0, 0.1) is 5.82 Å².